The molecule has 0 fully saturated rings. The smallest absolute Gasteiger partial charge is 0.280 e. The van der Waals surface area contributed by atoms with Crippen molar-refractivity contribution in [2.45, 2.75) is 0 Å². The lowest BCUT2D eigenvalue weighted by Crippen LogP contribution is -2.18. The number of rotatable bonds is 3. The number of nitrogens with one attached hydrogen (secondary N) is 1. The molecule has 0 saturated carbocycles. The minimum absolute atomic E-state index is 0.233. The second-order valence-corrected chi connectivity index (χ2v) is 4.94. The number of anilines is 2. The standard InChI is InChI=1S/C13H13ClN6O2/c1-16-10-9(14)7(5-17-12(10)15)22-8-6-18-20-4-3-19(2)13(21)11(8)20/h3-6,16H,1-2H3,(H2,15,17). The molecule has 0 unspecified atom stereocenters. The molecule has 0 aliphatic rings. The van der Waals surface area contributed by atoms with Gasteiger partial charge in [-0.15, -0.1) is 0 Å². The van der Waals surface area contributed by atoms with Crippen LogP contribution >= 0.6 is 11.6 Å². The zero-order valence-electron chi connectivity index (χ0n) is 11.9. The number of pyridine rings is 1. The van der Waals surface area contributed by atoms with Crippen molar-refractivity contribution in [3.63, 3.8) is 0 Å². The molecule has 3 rings (SSSR count). The minimum atomic E-state index is -0.233. The van der Waals surface area contributed by atoms with Crippen LogP contribution in [0.1, 0.15) is 0 Å². The first-order valence-corrected chi connectivity index (χ1v) is 6.73. The predicted octanol–water partition coefficient (Wildman–Crippen LogP) is 1.50. The molecule has 0 radical (unpaired) electrons. The molecule has 9 heteroatoms. The third kappa shape index (κ3) is 2.13. The van der Waals surface area contributed by atoms with Gasteiger partial charge in [-0.1, -0.05) is 11.6 Å². The Hall–Kier alpha value is -2.74. The highest BCUT2D eigenvalue weighted by molar-refractivity contribution is 6.35. The second-order valence-electron chi connectivity index (χ2n) is 4.56. The molecule has 0 saturated heterocycles. The summed E-state index contributed by atoms with van der Waals surface area (Å²) < 4.78 is 8.59. The summed E-state index contributed by atoms with van der Waals surface area (Å²) in [6.07, 6.45) is 6.12. The average Bonchev–Trinajstić information content (AvgIpc) is 2.90. The Morgan fingerprint density at radius 3 is 2.82 bits per heavy atom. The molecule has 0 amide bonds. The first-order valence-electron chi connectivity index (χ1n) is 6.35. The van der Waals surface area contributed by atoms with Crippen molar-refractivity contribution in [1.29, 1.82) is 0 Å². The largest absolute Gasteiger partial charge is 0.450 e. The van der Waals surface area contributed by atoms with E-state index in [2.05, 4.69) is 15.4 Å². The number of fused-ring (bicyclic) bond motifs is 1. The highest BCUT2D eigenvalue weighted by Crippen LogP contribution is 2.37. The fourth-order valence-electron chi connectivity index (χ4n) is 2.05. The van der Waals surface area contributed by atoms with Crippen LogP contribution < -0.4 is 21.3 Å². The second kappa shape index (κ2) is 5.23. The zero-order chi connectivity index (χ0) is 15.9. The van der Waals surface area contributed by atoms with Gasteiger partial charge in [-0.25, -0.2) is 9.50 Å². The zero-order valence-corrected chi connectivity index (χ0v) is 12.6. The highest BCUT2D eigenvalue weighted by atomic mass is 35.5. The Balaban J connectivity index is 2.12. The maximum Gasteiger partial charge on any atom is 0.280 e. The van der Waals surface area contributed by atoms with Crippen LogP contribution in [0.15, 0.2) is 29.6 Å². The van der Waals surface area contributed by atoms with Crippen LogP contribution in [0.3, 0.4) is 0 Å². The van der Waals surface area contributed by atoms with Crippen LogP contribution in [-0.2, 0) is 7.05 Å². The number of nitrogen functional groups attached to an aromatic ring is 1. The average molecular weight is 321 g/mol. The van der Waals surface area contributed by atoms with Crippen LogP contribution in [0.2, 0.25) is 5.02 Å². The van der Waals surface area contributed by atoms with Gasteiger partial charge in [-0.05, 0) is 0 Å². The molecule has 3 aromatic heterocycles. The Morgan fingerprint density at radius 2 is 2.09 bits per heavy atom. The number of aromatic nitrogens is 4. The van der Waals surface area contributed by atoms with Gasteiger partial charge in [0.1, 0.15) is 10.8 Å². The summed E-state index contributed by atoms with van der Waals surface area (Å²) in [7, 11) is 3.32. The molecular weight excluding hydrogens is 308 g/mol. The number of ether oxygens (including phenoxy) is 1. The molecule has 0 atom stereocenters. The van der Waals surface area contributed by atoms with E-state index in [1.807, 2.05) is 0 Å². The van der Waals surface area contributed by atoms with Gasteiger partial charge in [0.15, 0.2) is 17.0 Å². The van der Waals surface area contributed by atoms with Gasteiger partial charge >= 0.3 is 0 Å². The molecule has 8 nitrogen and oxygen atoms in total. The van der Waals surface area contributed by atoms with E-state index in [0.717, 1.165) is 0 Å². The van der Waals surface area contributed by atoms with Crippen molar-refractivity contribution in [3.05, 3.63) is 40.2 Å². The van der Waals surface area contributed by atoms with Crippen molar-refractivity contribution in [1.82, 2.24) is 19.2 Å². The third-order valence-corrected chi connectivity index (χ3v) is 3.57. The normalized spacial score (nSPS) is 10.9. The molecule has 0 aromatic carbocycles. The Labute approximate surface area is 130 Å². The van der Waals surface area contributed by atoms with Crippen molar-refractivity contribution in [3.8, 4) is 11.5 Å². The summed E-state index contributed by atoms with van der Waals surface area (Å²) in [4.78, 5) is 16.2. The first-order chi connectivity index (χ1) is 10.5. The van der Waals surface area contributed by atoms with Gasteiger partial charge in [-0.3, -0.25) is 4.79 Å². The molecule has 114 valence electrons. The summed E-state index contributed by atoms with van der Waals surface area (Å²) in [5.74, 6) is 0.827. The lowest BCUT2D eigenvalue weighted by atomic mass is 10.3. The van der Waals surface area contributed by atoms with E-state index < -0.39 is 0 Å². The van der Waals surface area contributed by atoms with Gasteiger partial charge in [0.2, 0.25) is 0 Å². The number of halogens is 1. The molecule has 0 aliphatic heterocycles. The van der Waals surface area contributed by atoms with Gasteiger partial charge < -0.3 is 20.4 Å². The third-order valence-electron chi connectivity index (χ3n) is 3.20. The van der Waals surface area contributed by atoms with Crippen LogP contribution in [-0.4, -0.2) is 26.2 Å². The number of hydrogen-bond acceptors (Lipinski definition) is 6. The number of hydrogen-bond donors (Lipinski definition) is 2. The lowest BCUT2D eigenvalue weighted by Gasteiger charge is -2.11. The van der Waals surface area contributed by atoms with E-state index in [-0.39, 0.29) is 27.9 Å². The van der Waals surface area contributed by atoms with Crippen molar-refractivity contribution >= 4 is 28.6 Å². The van der Waals surface area contributed by atoms with Crippen LogP contribution in [0, 0.1) is 0 Å². The van der Waals surface area contributed by atoms with E-state index in [0.29, 0.717) is 11.2 Å². The Kier molecular flexibility index (Phi) is 3.38. The van der Waals surface area contributed by atoms with Gasteiger partial charge in [0.25, 0.3) is 5.56 Å². The number of nitrogens with zero attached hydrogens (tertiary/aromatic N) is 4. The van der Waals surface area contributed by atoms with Gasteiger partial charge in [-0.2, -0.15) is 5.10 Å². The van der Waals surface area contributed by atoms with Crippen molar-refractivity contribution in [2.24, 2.45) is 7.05 Å². The molecule has 0 spiro atoms. The van der Waals surface area contributed by atoms with E-state index in [4.69, 9.17) is 22.1 Å². The Morgan fingerprint density at radius 1 is 1.32 bits per heavy atom. The van der Waals surface area contributed by atoms with E-state index in [1.165, 1.54) is 21.5 Å². The monoisotopic (exact) mass is 320 g/mol. The number of nitrogens with two attached hydrogens (primary N) is 1. The van der Waals surface area contributed by atoms with Crippen LogP contribution in [0.5, 0.6) is 11.5 Å². The van der Waals surface area contributed by atoms with E-state index in [9.17, 15) is 4.79 Å². The molecular formula is C13H13ClN6O2. The molecule has 3 aromatic rings. The summed E-state index contributed by atoms with van der Waals surface area (Å²) in [5, 5.41) is 7.22. The molecule has 0 aliphatic carbocycles. The van der Waals surface area contributed by atoms with E-state index in [1.54, 1.807) is 26.5 Å². The van der Waals surface area contributed by atoms with Gasteiger partial charge in [0, 0.05) is 26.5 Å². The highest BCUT2D eigenvalue weighted by Gasteiger charge is 2.16. The number of aryl methyl sites for hydroxylation is 1. The summed E-state index contributed by atoms with van der Waals surface area (Å²) in [6.45, 7) is 0. The van der Waals surface area contributed by atoms with E-state index >= 15 is 0 Å². The first kappa shape index (κ1) is 14.2. The minimum Gasteiger partial charge on any atom is -0.450 e. The maximum atomic E-state index is 12.2. The Bertz CT molecular complexity index is 917. The van der Waals surface area contributed by atoms with Crippen LogP contribution in [0.25, 0.3) is 5.52 Å². The van der Waals surface area contributed by atoms with Crippen molar-refractivity contribution < 1.29 is 4.74 Å². The maximum absolute atomic E-state index is 12.2. The predicted molar refractivity (Wildman–Crippen MR) is 83.7 cm³/mol. The summed E-state index contributed by atoms with van der Waals surface area (Å²) >= 11 is 6.24. The topological polar surface area (TPSA) is 99.5 Å². The fourth-order valence-corrected chi connectivity index (χ4v) is 2.33. The fraction of sp³-hybridized carbons (Fsp3) is 0.154. The van der Waals surface area contributed by atoms with Gasteiger partial charge in [0.05, 0.1) is 18.1 Å². The molecule has 3 heterocycles. The summed E-state index contributed by atoms with van der Waals surface area (Å²) in [5.41, 5.74) is 6.26. The van der Waals surface area contributed by atoms with Crippen LogP contribution in [0.4, 0.5) is 11.5 Å². The molecule has 3 N–H and O–H groups in total. The lowest BCUT2D eigenvalue weighted by molar-refractivity contribution is 0.485. The molecule has 0 bridgehead atoms. The quantitative estimate of drug-likeness (QED) is 0.758. The van der Waals surface area contributed by atoms with Crippen molar-refractivity contribution in [2.75, 3.05) is 18.1 Å². The SMILES string of the molecule is CNc1c(N)ncc(Oc2cnn3ccn(C)c(=O)c23)c1Cl. The summed E-state index contributed by atoms with van der Waals surface area (Å²) in [6, 6.07) is 0. The molecule has 22 heavy (non-hydrogen) atoms.